The third-order valence-corrected chi connectivity index (χ3v) is 11.0. The number of rotatable bonds is 7. The summed E-state index contributed by atoms with van der Waals surface area (Å²) >= 11 is 0. The number of amides is 1. The number of sulfonamides is 1. The van der Waals surface area contributed by atoms with Gasteiger partial charge in [0, 0.05) is 30.2 Å². The van der Waals surface area contributed by atoms with E-state index in [1.54, 1.807) is 10.4 Å². The van der Waals surface area contributed by atoms with Crippen LogP contribution in [0.1, 0.15) is 73.5 Å². The number of hydrogen-bond acceptors (Lipinski definition) is 8. The second-order valence-corrected chi connectivity index (χ2v) is 13.2. The van der Waals surface area contributed by atoms with Crippen LogP contribution in [0.5, 0.6) is 0 Å². The first-order chi connectivity index (χ1) is 16.9. The zero-order chi connectivity index (χ0) is 24.2. The van der Waals surface area contributed by atoms with Gasteiger partial charge in [-0.1, -0.05) is 5.16 Å². The fourth-order valence-corrected chi connectivity index (χ4v) is 9.07. The molecule has 6 rings (SSSR count). The average molecular weight is 509 g/mol. The Morgan fingerprint density at radius 2 is 1.74 bits per heavy atom. The highest BCUT2D eigenvalue weighted by atomic mass is 32.2. The van der Waals surface area contributed by atoms with E-state index in [9.17, 15) is 18.3 Å². The summed E-state index contributed by atoms with van der Waals surface area (Å²) in [6.07, 6.45) is 6.35. The van der Waals surface area contributed by atoms with E-state index in [1.165, 1.54) is 0 Å². The molecule has 1 amide bonds. The van der Waals surface area contributed by atoms with Gasteiger partial charge in [-0.25, -0.2) is 8.42 Å². The van der Waals surface area contributed by atoms with Crippen LogP contribution in [0.2, 0.25) is 0 Å². The summed E-state index contributed by atoms with van der Waals surface area (Å²) in [6.45, 7) is 3.04. The van der Waals surface area contributed by atoms with Gasteiger partial charge in [0.25, 0.3) is 5.91 Å². The average Bonchev–Trinajstić information content (AvgIpc) is 3.34. The first-order valence-corrected chi connectivity index (χ1v) is 14.7. The van der Waals surface area contributed by atoms with Gasteiger partial charge in [-0.2, -0.15) is 4.31 Å². The van der Waals surface area contributed by atoms with Gasteiger partial charge in [0.15, 0.2) is 5.69 Å². The molecule has 2 bridgehead atoms. The van der Waals surface area contributed by atoms with Crippen LogP contribution in [0.25, 0.3) is 0 Å². The van der Waals surface area contributed by atoms with E-state index in [-0.39, 0.29) is 53.4 Å². The summed E-state index contributed by atoms with van der Waals surface area (Å²) in [4.78, 5) is 15.2. The van der Waals surface area contributed by atoms with Crippen molar-refractivity contribution >= 4 is 15.9 Å². The fraction of sp³-hybridized carbons (Fsp3) is 0.833. The van der Waals surface area contributed by atoms with Crippen molar-refractivity contribution in [3.63, 3.8) is 0 Å². The Hall–Kier alpha value is -1.53. The number of piperidine rings is 2. The third kappa shape index (κ3) is 4.77. The van der Waals surface area contributed by atoms with Crippen LogP contribution < -0.4 is 5.32 Å². The summed E-state index contributed by atoms with van der Waals surface area (Å²) in [7, 11) is -3.34. The Bertz CT molecular complexity index is 1010. The summed E-state index contributed by atoms with van der Waals surface area (Å²) < 4.78 is 39.2. The van der Waals surface area contributed by atoms with Crippen molar-refractivity contribution in [2.75, 3.05) is 32.1 Å². The largest absolute Gasteiger partial charge is 0.393 e. The lowest BCUT2D eigenvalue weighted by molar-refractivity contribution is -0.0103. The van der Waals surface area contributed by atoms with Crippen molar-refractivity contribution in [3.05, 3.63) is 17.5 Å². The second kappa shape index (κ2) is 9.41. The zero-order valence-corrected chi connectivity index (χ0v) is 20.9. The van der Waals surface area contributed by atoms with Gasteiger partial charge in [-0.3, -0.25) is 4.79 Å². The van der Waals surface area contributed by atoms with Gasteiger partial charge in [-0.05, 0) is 70.4 Å². The zero-order valence-electron chi connectivity index (χ0n) is 20.0. The number of hydrogen-bond donors (Lipinski definition) is 2. The predicted molar refractivity (Wildman–Crippen MR) is 126 cm³/mol. The van der Waals surface area contributed by atoms with E-state index in [0.717, 1.165) is 51.6 Å². The van der Waals surface area contributed by atoms with Crippen molar-refractivity contribution in [3.8, 4) is 0 Å². The van der Waals surface area contributed by atoms with Gasteiger partial charge in [0.05, 0.1) is 31.0 Å². The summed E-state index contributed by atoms with van der Waals surface area (Å²) in [5, 5.41) is 16.6. The molecule has 4 aliphatic heterocycles. The summed E-state index contributed by atoms with van der Waals surface area (Å²) in [6, 6.07) is 2.03. The number of ether oxygens (including phenoxy) is 1. The minimum Gasteiger partial charge on any atom is -0.393 e. The van der Waals surface area contributed by atoms with Crippen LogP contribution in [0.15, 0.2) is 10.6 Å². The number of nitrogens with zero attached hydrogens (tertiary/aromatic N) is 3. The Morgan fingerprint density at radius 3 is 2.34 bits per heavy atom. The van der Waals surface area contributed by atoms with Gasteiger partial charge >= 0.3 is 0 Å². The predicted octanol–water partition coefficient (Wildman–Crippen LogP) is 1.08. The first kappa shape index (κ1) is 23.8. The lowest BCUT2D eigenvalue weighted by Gasteiger charge is -2.44. The van der Waals surface area contributed by atoms with E-state index >= 15 is 0 Å². The van der Waals surface area contributed by atoms with E-state index in [4.69, 9.17) is 9.26 Å². The Balaban J connectivity index is 1.02. The molecule has 0 spiro atoms. The molecular weight excluding hydrogens is 472 g/mol. The maximum atomic E-state index is 13.5. The molecule has 3 atom stereocenters. The minimum absolute atomic E-state index is 0.0411. The highest BCUT2D eigenvalue weighted by Gasteiger charge is 2.47. The normalized spacial score (nSPS) is 34.9. The van der Waals surface area contributed by atoms with Crippen molar-refractivity contribution in [2.45, 2.75) is 87.6 Å². The lowest BCUT2D eigenvalue weighted by atomic mass is 9.86. The lowest BCUT2D eigenvalue weighted by Crippen LogP contribution is -2.54. The molecule has 5 aliphatic rings. The number of aromatic nitrogens is 1. The molecule has 4 saturated heterocycles. The molecule has 5 fully saturated rings. The van der Waals surface area contributed by atoms with Gasteiger partial charge in [-0.15, -0.1) is 0 Å². The van der Waals surface area contributed by atoms with Crippen LogP contribution in [-0.4, -0.2) is 96.1 Å². The maximum Gasteiger partial charge on any atom is 0.273 e. The van der Waals surface area contributed by atoms with Crippen LogP contribution in [0.4, 0.5) is 0 Å². The van der Waals surface area contributed by atoms with Crippen LogP contribution in [-0.2, 0) is 14.8 Å². The SMILES string of the molecule is O=C(NC1C[C@H]2CC[C@@H](C1)N2S(=O)(=O)CC1CCN(C2CC(O)C2)CC1)c1cc(C2COC2)on1. The smallest absolute Gasteiger partial charge is 0.273 e. The number of carbonyl (C=O) groups is 1. The molecular formula is C24H36N4O6S. The molecule has 1 unspecified atom stereocenters. The van der Waals surface area contributed by atoms with Crippen molar-refractivity contribution in [1.82, 2.24) is 19.7 Å². The molecule has 0 radical (unpaired) electrons. The number of fused-ring (bicyclic) bond motifs is 2. The molecule has 0 aromatic carbocycles. The highest BCUT2D eigenvalue weighted by Crippen LogP contribution is 2.39. The van der Waals surface area contributed by atoms with Gasteiger partial charge < -0.3 is 24.6 Å². The molecule has 194 valence electrons. The maximum absolute atomic E-state index is 13.5. The second-order valence-electron chi connectivity index (χ2n) is 11.2. The van der Waals surface area contributed by atoms with Crippen LogP contribution in [0.3, 0.4) is 0 Å². The molecule has 1 aliphatic carbocycles. The number of carbonyl (C=O) groups excluding carboxylic acids is 1. The molecule has 5 heterocycles. The quantitative estimate of drug-likeness (QED) is 0.561. The first-order valence-electron chi connectivity index (χ1n) is 13.1. The van der Waals surface area contributed by atoms with E-state index < -0.39 is 10.0 Å². The number of likely N-dealkylation sites (tertiary alicyclic amines) is 1. The van der Waals surface area contributed by atoms with E-state index in [2.05, 4.69) is 15.4 Å². The van der Waals surface area contributed by atoms with Crippen molar-refractivity contribution in [2.24, 2.45) is 5.92 Å². The van der Waals surface area contributed by atoms with E-state index in [0.29, 0.717) is 37.9 Å². The van der Waals surface area contributed by atoms with Crippen LogP contribution >= 0.6 is 0 Å². The minimum atomic E-state index is -3.34. The number of aliphatic hydroxyl groups excluding tert-OH is 1. The Labute approximate surface area is 206 Å². The topological polar surface area (TPSA) is 125 Å². The van der Waals surface area contributed by atoms with Crippen molar-refractivity contribution in [1.29, 1.82) is 0 Å². The molecule has 35 heavy (non-hydrogen) atoms. The molecule has 11 heteroatoms. The Morgan fingerprint density at radius 1 is 1.06 bits per heavy atom. The molecule has 2 N–H and O–H groups in total. The van der Waals surface area contributed by atoms with Gasteiger partial charge in [0.1, 0.15) is 5.76 Å². The third-order valence-electron chi connectivity index (χ3n) is 8.82. The molecule has 1 aromatic rings. The van der Waals surface area contributed by atoms with E-state index in [1.807, 2.05) is 0 Å². The summed E-state index contributed by atoms with van der Waals surface area (Å²) in [5.74, 6) is 1.02. The van der Waals surface area contributed by atoms with Crippen LogP contribution in [0, 0.1) is 5.92 Å². The molecule has 10 nitrogen and oxygen atoms in total. The van der Waals surface area contributed by atoms with Crippen molar-refractivity contribution < 1.29 is 27.6 Å². The number of aliphatic hydroxyl groups is 1. The summed E-state index contributed by atoms with van der Waals surface area (Å²) in [5.41, 5.74) is 0.275. The number of nitrogens with one attached hydrogen (secondary N) is 1. The Kier molecular flexibility index (Phi) is 6.41. The monoisotopic (exact) mass is 508 g/mol. The van der Waals surface area contributed by atoms with Gasteiger partial charge in [0.2, 0.25) is 10.0 Å². The highest BCUT2D eigenvalue weighted by molar-refractivity contribution is 7.89. The standard InChI is InChI=1S/C24H36N4O6S/c29-21-9-20(10-21)27-5-3-15(4-6-27)14-35(31,32)28-18-1-2-19(28)8-17(7-18)25-24(30)22-11-23(34-26-22)16-12-33-13-16/h11,15-21,29H,1-10,12-14H2,(H,25,30)/t17?,18-,19+,20?,21?. The fourth-order valence-electron chi connectivity index (χ4n) is 6.68. The molecule has 1 aromatic heterocycles. The molecule has 1 saturated carbocycles.